The van der Waals surface area contributed by atoms with E-state index in [1.807, 2.05) is 13.8 Å². The molecule has 1 aliphatic carbocycles. The number of Topliss-reactive ketones (excluding diaryl/α,β-unsaturated/α-hetero) is 1. The topological polar surface area (TPSA) is 63.6 Å². The minimum Gasteiger partial charge on any atom is -0.469 e. The minimum atomic E-state index is -0.912. The molecular weight excluding hydrogens is 340 g/mol. The predicted octanol–water partition coefficient (Wildman–Crippen LogP) is 5.52. The van der Waals surface area contributed by atoms with E-state index in [4.69, 9.17) is 0 Å². The van der Waals surface area contributed by atoms with Crippen molar-refractivity contribution in [3.05, 3.63) is 11.1 Å². The van der Waals surface area contributed by atoms with Gasteiger partial charge < -0.3 is 9.84 Å². The van der Waals surface area contributed by atoms with Crippen LogP contribution in [0.2, 0.25) is 0 Å². The largest absolute Gasteiger partial charge is 0.469 e. The highest BCUT2D eigenvalue weighted by Gasteiger charge is 2.48. The third-order valence-electron chi connectivity index (χ3n) is 6.24. The summed E-state index contributed by atoms with van der Waals surface area (Å²) < 4.78 is 4.64. The van der Waals surface area contributed by atoms with Crippen LogP contribution in [0.3, 0.4) is 0 Å². The number of ether oxygens (including phenoxy) is 1. The zero-order valence-corrected chi connectivity index (χ0v) is 17.9. The van der Waals surface area contributed by atoms with Crippen LogP contribution < -0.4 is 0 Å². The quantitative estimate of drug-likeness (QED) is 0.318. The third-order valence-corrected chi connectivity index (χ3v) is 6.24. The van der Waals surface area contributed by atoms with E-state index in [1.54, 1.807) is 0 Å². The molecule has 4 nitrogen and oxygen atoms in total. The fourth-order valence-electron chi connectivity index (χ4n) is 4.22. The number of carbonyl (C=O) groups excluding carboxylic acids is 2. The molecule has 0 unspecified atom stereocenters. The third kappa shape index (κ3) is 7.06. The summed E-state index contributed by atoms with van der Waals surface area (Å²) in [5, 5.41) is 11.2. The van der Waals surface area contributed by atoms with E-state index in [2.05, 4.69) is 11.7 Å². The van der Waals surface area contributed by atoms with Gasteiger partial charge in [-0.2, -0.15) is 0 Å². The molecule has 4 heteroatoms. The molecule has 0 aromatic rings. The van der Waals surface area contributed by atoms with E-state index < -0.39 is 5.60 Å². The van der Waals surface area contributed by atoms with Gasteiger partial charge in [-0.1, -0.05) is 64.7 Å². The number of hydrogen-bond acceptors (Lipinski definition) is 4. The Morgan fingerprint density at radius 3 is 2.11 bits per heavy atom. The fraction of sp³-hybridized carbons (Fsp3) is 0.826. The average molecular weight is 381 g/mol. The zero-order chi connectivity index (χ0) is 20.3. The molecular formula is C23H40O4. The normalized spacial score (nSPS) is 22.6. The Labute approximate surface area is 165 Å². The Morgan fingerprint density at radius 1 is 1.00 bits per heavy atom. The first kappa shape index (κ1) is 23.9. The number of unbranched alkanes of at least 4 members (excludes halogenated alkanes) is 8. The maximum absolute atomic E-state index is 12.5. The number of ketones is 1. The SMILES string of the molecule is CCCC[C@H]1C(=O)C(C)=C(C)[C@]1(O)CCCCCCCCCCC(=O)OC. The number of allylic oxidation sites excluding steroid dienone is 1. The van der Waals surface area contributed by atoms with E-state index in [9.17, 15) is 14.7 Å². The summed E-state index contributed by atoms with van der Waals surface area (Å²) in [4.78, 5) is 23.5. The number of hydrogen-bond donors (Lipinski definition) is 1. The second kappa shape index (κ2) is 12.3. The van der Waals surface area contributed by atoms with Gasteiger partial charge in [0.1, 0.15) is 0 Å². The van der Waals surface area contributed by atoms with Crippen LogP contribution >= 0.6 is 0 Å². The van der Waals surface area contributed by atoms with Crippen LogP contribution in [0.5, 0.6) is 0 Å². The highest BCUT2D eigenvalue weighted by molar-refractivity contribution is 6.01. The number of methoxy groups -OCH3 is 1. The maximum Gasteiger partial charge on any atom is 0.305 e. The second-order valence-corrected chi connectivity index (χ2v) is 8.14. The van der Waals surface area contributed by atoms with Crippen LogP contribution in [0.1, 0.15) is 104 Å². The fourth-order valence-corrected chi connectivity index (χ4v) is 4.22. The Kier molecular flexibility index (Phi) is 10.9. The van der Waals surface area contributed by atoms with Crippen LogP contribution in [0.4, 0.5) is 0 Å². The summed E-state index contributed by atoms with van der Waals surface area (Å²) in [6.45, 7) is 5.93. The molecule has 0 aromatic heterocycles. The minimum absolute atomic E-state index is 0.116. The van der Waals surface area contributed by atoms with Crippen LogP contribution in [0, 0.1) is 5.92 Å². The smallest absolute Gasteiger partial charge is 0.305 e. The maximum atomic E-state index is 12.5. The van der Waals surface area contributed by atoms with Gasteiger partial charge in [0.15, 0.2) is 5.78 Å². The summed E-state index contributed by atoms with van der Waals surface area (Å²) in [5.41, 5.74) is 0.772. The van der Waals surface area contributed by atoms with Gasteiger partial charge in [-0.25, -0.2) is 0 Å². The number of carbonyl (C=O) groups is 2. The van der Waals surface area contributed by atoms with Gasteiger partial charge in [0, 0.05) is 6.42 Å². The highest BCUT2D eigenvalue weighted by atomic mass is 16.5. The lowest BCUT2D eigenvalue weighted by molar-refractivity contribution is -0.140. The van der Waals surface area contributed by atoms with E-state index >= 15 is 0 Å². The van der Waals surface area contributed by atoms with Gasteiger partial charge in [-0.3, -0.25) is 9.59 Å². The molecule has 0 heterocycles. The molecule has 27 heavy (non-hydrogen) atoms. The van der Waals surface area contributed by atoms with Crippen LogP contribution in [0.25, 0.3) is 0 Å². The second-order valence-electron chi connectivity index (χ2n) is 8.14. The first-order chi connectivity index (χ1) is 12.9. The van der Waals surface area contributed by atoms with Crippen molar-refractivity contribution in [2.24, 2.45) is 5.92 Å². The Bertz CT molecular complexity index is 509. The van der Waals surface area contributed by atoms with Crippen molar-refractivity contribution < 1.29 is 19.4 Å². The van der Waals surface area contributed by atoms with Crippen molar-refractivity contribution in [3.8, 4) is 0 Å². The molecule has 0 amide bonds. The molecule has 2 atom stereocenters. The molecule has 0 fully saturated rings. The van der Waals surface area contributed by atoms with E-state index in [0.717, 1.165) is 62.5 Å². The Hall–Kier alpha value is -1.16. The molecule has 0 radical (unpaired) electrons. The number of rotatable bonds is 14. The van der Waals surface area contributed by atoms with Crippen molar-refractivity contribution in [3.63, 3.8) is 0 Å². The van der Waals surface area contributed by atoms with Crippen molar-refractivity contribution in [2.75, 3.05) is 7.11 Å². The molecule has 0 saturated carbocycles. The molecule has 0 aliphatic heterocycles. The summed E-state index contributed by atoms with van der Waals surface area (Å²) >= 11 is 0. The molecule has 0 bridgehead atoms. The first-order valence-corrected chi connectivity index (χ1v) is 10.9. The van der Waals surface area contributed by atoms with Crippen molar-refractivity contribution in [2.45, 2.75) is 110 Å². The van der Waals surface area contributed by atoms with Gasteiger partial charge in [0.05, 0.1) is 18.6 Å². The van der Waals surface area contributed by atoms with Crippen LogP contribution in [-0.2, 0) is 14.3 Å². The molecule has 156 valence electrons. The molecule has 0 spiro atoms. The van der Waals surface area contributed by atoms with Crippen molar-refractivity contribution >= 4 is 11.8 Å². The Balaban J connectivity index is 2.24. The summed E-state index contributed by atoms with van der Waals surface area (Å²) in [5.74, 6) is -0.183. The van der Waals surface area contributed by atoms with Crippen LogP contribution in [0.15, 0.2) is 11.1 Å². The first-order valence-electron chi connectivity index (χ1n) is 10.9. The summed E-state index contributed by atoms with van der Waals surface area (Å²) in [6.07, 6.45) is 12.9. The average Bonchev–Trinajstić information content (AvgIpc) is 2.82. The van der Waals surface area contributed by atoms with E-state index in [0.29, 0.717) is 12.8 Å². The van der Waals surface area contributed by atoms with Gasteiger partial charge in [0.25, 0.3) is 0 Å². The molecule has 1 aliphatic rings. The van der Waals surface area contributed by atoms with Crippen molar-refractivity contribution in [1.82, 2.24) is 0 Å². The van der Waals surface area contributed by atoms with Gasteiger partial charge in [-0.15, -0.1) is 0 Å². The Morgan fingerprint density at radius 2 is 1.56 bits per heavy atom. The lowest BCUT2D eigenvalue weighted by Crippen LogP contribution is -2.38. The molecule has 1 N–H and O–H groups in total. The molecule has 0 aromatic carbocycles. The van der Waals surface area contributed by atoms with Crippen LogP contribution in [-0.4, -0.2) is 29.6 Å². The van der Waals surface area contributed by atoms with Gasteiger partial charge >= 0.3 is 5.97 Å². The number of esters is 1. The summed E-state index contributed by atoms with van der Waals surface area (Å²) in [6, 6.07) is 0. The standard InChI is InChI=1S/C23H40O4/c1-5-6-15-20-22(25)18(2)19(3)23(20,26)17-14-12-10-8-7-9-11-13-16-21(24)27-4/h20,26H,5-17H2,1-4H3/t20-,23+/m0/s1. The molecule has 1 rings (SSSR count). The van der Waals surface area contributed by atoms with E-state index in [-0.39, 0.29) is 17.7 Å². The highest BCUT2D eigenvalue weighted by Crippen LogP contribution is 2.43. The lowest BCUT2D eigenvalue weighted by Gasteiger charge is -2.31. The van der Waals surface area contributed by atoms with Gasteiger partial charge in [0.2, 0.25) is 0 Å². The lowest BCUT2D eigenvalue weighted by atomic mass is 9.79. The zero-order valence-electron chi connectivity index (χ0n) is 17.9. The monoisotopic (exact) mass is 380 g/mol. The summed E-state index contributed by atoms with van der Waals surface area (Å²) in [7, 11) is 1.44. The predicted molar refractivity (Wildman–Crippen MR) is 110 cm³/mol. The van der Waals surface area contributed by atoms with Crippen molar-refractivity contribution in [1.29, 1.82) is 0 Å². The molecule has 0 saturated heterocycles. The van der Waals surface area contributed by atoms with E-state index in [1.165, 1.54) is 26.4 Å². The van der Waals surface area contributed by atoms with Gasteiger partial charge in [-0.05, 0) is 44.3 Å². The number of aliphatic hydroxyl groups is 1.